The van der Waals surface area contributed by atoms with Crippen molar-refractivity contribution in [2.45, 2.75) is 6.92 Å². The van der Waals surface area contributed by atoms with Crippen LogP contribution in [0.15, 0.2) is 6.07 Å². The van der Waals surface area contributed by atoms with Crippen LogP contribution in [0.4, 0.5) is 0 Å². The molecule has 5 nitrogen and oxygen atoms in total. The zero-order valence-corrected chi connectivity index (χ0v) is 8.36. The summed E-state index contributed by atoms with van der Waals surface area (Å²) in [5.74, 6) is 0.245. The maximum absolute atomic E-state index is 11.0. The number of aromatic carboxylic acids is 1. The normalized spacial score (nSPS) is 12.7. The maximum Gasteiger partial charge on any atom is 0.339 e. The van der Waals surface area contributed by atoms with Crippen LogP contribution in [0.25, 0.3) is 0 Å². The van der Waals surface area contributed by atoms with E-state index in [2.05, 4.69) is 0 Å². The molecule has 1 aliphatic heterocycles. The molecule has 0 saturated carbocycles. The van der Waals surface area contributed by atoms with E-state index in [1.165, 1.54) is 13.2 Å². The van der Waals surface area contributed by atoms with Crippen LogP contribution < -0.4 is 14.2 Å². The predicted octanol–water partition coefficient (Wildman–Crippen LogP) is 1.43. The molecule has 2 rings (SSSR count). The van der Waals surface area contributed by atoms with E-state index in [0.717, 1.165) is 0 Å². The molecule has 80 valence electrons. The van der Waals surface area contributed by atoms with Gasteiger partial charge in [-0.05, 0) is 6.92 Å². The third kappa shape index (κ3) is 1.36. The van der Waals surface area contributed by atoms with E-state index in [0.29, 0.717) is 17.1 Å². The van der Waals surface area contributed by atoms with Crippen LogP contribution in [0.1, 0.15) is 15.9 Å². The van der Waals surface area contributed by atoms with E-state index >= 15 is 0 Å². The van der Waals surface area contributed by atoms with Crippen LogP contribution in [-0.2, 0) is 0 Å². The zero-order valence-electron chi connectivity index (χ0n) is 8.36. The summed E-state index contributed by atoms with van der Waals surface area (Å²) in [6, 6.07) is 1.53. The first-order chi connectivity index (χ1) is 7.15. The first-order valence-electron chi connectivity index (χ1n) is 4.35. The fraction of sp³-hybridized carbons (Fsp3) is 0.300. The summed E-state index contributed by atoms with van der Waals surface area (Å²) >= 11 is 0. The number of carboxylic acid groups (broad SMARTS) is 1. The third-order valence-electron chi connectivity index (χ3n) is 2.30. The van der Waals surface area contributed by atoms with E-state index in [-0.39, 0.29) is 18.1 Å². The van der Waals surface area contributed by atoms with Crippen molar-refractivity contribution in [3.05, 3.63) is 17.2 Å². The van der Waals surface area contributed by atoms with Gasteiger partial charge in [0.1, 0.15) is 11.3 Å². The molecule has 15 heavy (non-hydrogen) atoms. The van der Waals surface area contributed by atoms with Crippen LogP contribution >= 0.6 is 0 Å². The monoisotopic (exact) mass is 210 g/mol. The van der Waals surface area contributed by atoms with Crippen LogP contribution in [0.5, 0.6) is 17.2 Å². The lowest BCUT2D eigenvalue weighted by Crippen LogP contribution is -2.04. The van der Waals surface area contributed by atoms with E-state index in [1.54, 1.807) is 6.92 Å². The summed E-state index contributed by atoms with van der Waals surface area (Å²) < 4.78 is 15.3. The maximum atomic E-state index is 11.0. The fourth-order valence-electron chi connectivity index (χ4n) is 1.61. The van der Waals surface area contributed by atoms with Crippen molar-refractivity contribution in [1.82, 2.24) is 0 Å². The molecule has 0 bridgehead atoms. The molecule has 0 unspecified atom stereocenters. The Morgan fingerprint density at radius 2 is 2.27 bits per heavy atom. The Labute approximate surface area is 86.2 Å². The van der Waals surface area contributed by atoms with Crippen molar-refractivity contribution in [2.24, 2.45) is 0 Å². The minimum atomic E-state index is -1.04. The quantitative estimate of drug-likeness (QED) is 0.799. The Balaban J connectivity index is 2.67. The highest BCUT2D eigenvalue weighted by Crippen LogP contribution is 2.41. The average Bonchev–Trinajstić information content (AvgIpc) is 2.64. The zero-order chi connectivity index (χ0) is 11.0. The number of carboxylic acids is 1. The molecule has 0 fully saturated rings. The summed E-state index contributed by atoms with van der Waals surface area (Å²) in [7, 11) is 1.42. The Bertz CT molecular complexity index is 424. The van der Waals surface area contributed by atoms with E-state index in [4.69, 9.17) is 19.3 Å². The van der Waals surface area contributed by atoms with Gasteiger partial charge in [-0.1, -0.05) is 0 Å². The second-order valence-electron chi connectivity index (χ2n) is 3.12. The number of ether oxygens (including phenoxy) is 3. The van der Waals surface area contributed by atoms with E-state index in [9.17, 15) is 4.79 Å². The van der Waals surface area contributed by atoms with Gasteiger partial charge in [-0.25, -0.2) is 4.79 Å². The molecule has 0 aromatic heterocycles. The molecule has 5 heteroatoms. The minimum absolute atomic E-state index is 0.113. The average molecular weight is 210 g/mol. The van der Waals surface area contributed by atoms with Gasteiger partial charge in [0.25, 0.3) is 0 Å². The van der Waals surface area contributed by atoms with E-state index < -0.39 is 5.97 Å². The summed E-state index contributed by atoms with van der Waals surface area (Å²) in [5.41, 5.74) is 0.635. The highest BCUT2D eigenvalue weighted by atomic mass is 16.7. The molecule has 1 aliphatic rings. The number of carbonyl (C=O) groups is 1. The number of hydrogen-bond acceptors (Lipinski definition) is 4. The lowest BCUT2D eigenvalue weighted by molar-refractivity contribution is 0.0692. The molecule has 0 radical (unpaired) electrons. The van der Waals surface area contributed by atoms with Crippen molar-refractivity contribution in [3.8, 4) is 17.2 Å². The van der Waals surface area contributed by atoms with Crippen molar-refractivity contribution < 1.29 is 24.1 Å². The second-order valence-corrected chi connectivity index (χ2v) is 3.12. The lowest BCUT2D eigenvalue weighted by atomic mass is 10.1. The number of rotatable bonds is 2. The van der Waals surface area contributed by atoms with Crippen molar-refractivity contribution in [2.75, 3.05) is 13.9 Å². The molecule has 0 saturated heterocycles. The van der Waals surface area contributed by atoms with Crippen LogP contribution in [0.2, 0.25) is 0 Å². The molecule has 1 aromatic carbocycles. The highest BCUT2D eigenvalue weighted by Gasteiger charge is 2.25. The van der Waals surface area contributed by atoms with Crippen LogP contribution in [-0.4, -0.2) is 25.0 Å². The van der Waals surface area contributed by atoms with Crippen molar-refractivity contribution >= 4 is 5.97 Å². The number of benzene rings is 1. The van der Waals surface area contributed by atoms with Gasteiger partial charge in [0, 0.05) is 11.6 Å². The molecule has 0 atom stereocenters. The first-order valence-corrected chi connectivity index (χ1v) is 4.35. The number of methoxy groups -OCH3 is 1. The lowest BCUT2D eigenvalue weighted by Gasteiger charge is -2.09. The van der Waals surface area contributed by atoms with Gasteiger partial charge in [0.15, 0.2) is 11.5 Å². The van der Waals surface area contributed by atoms with Crippen molar-refractivity contribution in [3.63, 3.8) is 0 Å². The van der Waals surface area contributed by atoms with Crippen LogP contribution in [0, 0.1) is 6.92 Å². The molecule has 0 spiro atoms. The van der Waals surface area contributed by atoms with Gasteiger partial charge in [0.05, 0.1) is 7.11 Å². The second kappa shape index (κ2) is 3.34. The summed E-state index contributed by atoms with van der Waals surface area (Å²) in [5, 5.41) is 9.03. The van der Waals surface area contributed by atoms with Crippen LogP contribution in [0.3, 0.4) is 0 Å². The number of fused-ring (bicyclic) bond motifs is 1. The van der Waals surface area contributed by atoms with E-state index in [1.807, 2.05) is 0 Å². The topological polar surface area (TPSA) is 65.0 Å². The minimum Gasteiger partial charge on any atom is -0.496 e. The summed E-state index contributed by atoms with van der Waals surface area (Å²) in [6.07, 6.45) is 0. The van der Waals surface area contributed by atoms with Gasteiger partial charge in [0.2, 0.25) is 6.79 Å². The van der Waals surface area contributed by atoms with Gasteiger partial charge in [-0.3, -0.25) is 0 Å². The van der Waals surface area contributed by atoms with Crippen molar-refractivity contribution in [1.29, 1.82) is 0 Å². The highest BCUT2D eigenvalue weighted by molar-refractivity contribution is 5.94. The predicted molar refractivity (Wildman–Crippen MR) is 50.8 cm³/mol. The van der Waals surface area contributed by atoms with Gasteiger partial charge >= 0.3 is 5.97 Å². The first kappa shape index (κ1) is 9.64. The Morgan fingerprint density at radius 1 is 1.53 bits per heavy atom. The molecule has 1 N–H and O–H groups in total. The van der Waals surface area contributed by atoms with Gasteiger partial charge in [-0.15, -0.1) is 0 Å². The molecule has 0 amide bonds. The Morgan fingerprint density at radius 3 is 2.87 bits per heavy atom. The standard InChI is InChI=1S/C10H10O5/c1-5-8(10(11)12)6(13-2)3-7-9(5)15-4-14-7/h3H,4H2,1-2H3,(H,11,12). The number of hydrogen-bond donors (Lipinski definition) is 1. The summed E-state index contributed by atoms with van der Waals surface area (Å²) in [4.78, 5) is 11.0. The largest absolute Gasteiger partial charge is 0.496 e. The fourth-order valence-corrected chi connectivity index (χ4v) is 1.61. The molecular weight excluding hydrogens is 200 g/mol. The van der Waals surface area contributed by atoms with Gasteiger partial charge in [-0.2, -0.15) is 0 Å². The molecular formula is C10H10O5. The summed E-state index contributed by atoms with van der Waals surface area (Å²) in [6.45, 7) is 1.78. The molecule has 0 aliphatic carbocycles. The molecule has 1 aromatic rings. The SMILES string of the molecule is COc1cc2c(c(C)c1C(=O)O)OCO2. The Kier molecular flexibility index (Phi) is 2.15. The third-order valence-corrected chi connectivity index (χ3v) is 2.30. The van der Waals surface area contributed by atoms with Gasteiger partial charge < -0.3 is 19.3 Å². The Hall–Kier alpha value is -1.91. The smallest absolute Gasteiger partial charge is 0.339 e. The molecule has 1 heterocycles.